The van der Waals surface area contributed by atoms with E-state index in [4.69, 9.17) is 5.73 Å². The second-order valence-corrected chi connectivity index (χ2v) is 1.88. The van der Waals surface area contributed by atoms with Crippen LogP contribution < -0.4 is 5.73 Å². The molecule has 0 atom stereocenters. The lowest BCUT2D eigenvalue weighted by molar-refractivity contribution is 1.02. The first kappa shape index (κ1) is 16.7. The van der Waals surface area contributed by atoms with Gasteiger partial charge in [0.15, 0.2) is 0 Å². The Morgan fingerprint density at radius 3 is 1.45 bits per heavy atom. The molecule has 0 spiro atoms. The lowest BCUT2D eigenvalue weighted by Crippen LogP contribution is -1.96. The molecule has 0 saturated heterocycles. The number of hydrogen-bond acceptors (Lipinski definition) is 1. The molecule has 0 aliphatic rings. The molecule has 0 bridgehead atoms. The molecule has 0 amide bonds. The van der Waals surface area contributed by atoms with Gasteiger partial charge in [-0.2, -0.15) is 0 Å². The first-order chi connectivity index (χ1) is 5.18. The van der Waals surface area contributed by atoms with Gasteiger partial charge in [0.1, 0.15) is 0 Å². The van der Waals surface area contributed by atoms with E-state index in [1.807, 2.05) is 27.7 Å². The van der Waals surface area contributed by atoms with Crippen LogP contribution in [-0.4, -0.2) is 0 Å². The maximum atomic E-state index is 5.50. The third-order valence-corrected chi connectivity index (χ3v) is 1.02. The summed E-state index contributed by atoms with van der Waals surface area (Å²) in [6.07, 6.45) is 0.975. The predicted molar refractivity (Wildman–Crippen MR) is 55.5 cm³/mol. The molecule has 1 nitrogen and oxygen atoms in total. The summed E-state index contributed by atoms with van der Waals surface area (Å²) in [5.74, 6) is 0. The minimum Gasteiger partial charge on any atom is -0.402 e. The minimum absolute atomic E-state index is 0.975. The molecule has 1 heteroatoms. The van der Waals surface area contributed by atoms with E-state index in [0.29, 0.717) is 0 Å². The molecule has 11 heavy (non-hydrogen) atoms. The summed E-state index contributed by atoms with van der Waals surface area (Å²) >= 11 is 0. The van der Waals surface area contributed by atoms with Crippen molar-refractivity contribution in [1.29, 1.82) is 0 Å². The van der Waals surface area contributed by atoms with Crippen LogP contribution in [0.5, 0.6) is 0 Å². The Morgan fingerprint density at radius 2 is 1.45 bits per heavy atom. The zero-order valence-corrected chi connectivity index (χ0v) is 8.70. The van der Waals surface area contributed by atoms with Gasteiger partial charge in [-0.15, -0.1) is 13.2 Å². The zero-order chi connectivity index (χ0) is 9.86. The van der Waals surface area contributed by atoms with Crippen molar-refractivity contribution in [2.45, 2.75) is 41.0 Å². The Hall–Kier alpha value is -0.720. The van der Waals surface area contributed by atoms with Crippen molar-refractivity contribution in [2.75, 3.05) is 0 Å². The highest BCUT2D eigenvalue weighted by molar-refractivity contribution is 5.03. The van der Waals surface area contributed by atoms with Gasteiger partial charge in [-0.05, 0) is 20.3 Å². The van der Waals surface area contributed by atoms with Crippen LogP contribution in [0.3, 0.4) is 0 Å². The van der Waals surface area contributed by atoms with E-state index < -0.39 is 0 Å². The third kappa shape index (κ3) is 17.6. The van der Waals surface area contributed by atoms with Crippen LogP contribution in [0.4, 0.5) is 0 Å². The summed E-state index contributed by atoms with van der Waals surface area (Å²) in [4.78, 5) is 0. The Kier molecular flexibility index (Phi) is 24.5. The van der Waals surface area contributed by atoms with Crippen molar-refractivity contribution in [3.05, 3.63) is 24.4 Å². The van der Waals surface area contributed by atoms with Crippen LogP contribution in [0.1, 0.15) is 41.0 Å². The lowest BCUT2D eigenvalue weighted by Gasteiger charge is -1.95. The topological polar surface area (TPSA) is 26.0 Å². The van der Waals surface area contributed by atoms with Gasteiger partial charge < -0.3 is 5.73 Å². The van der Waals surface area contributed by atoms with Crippen LogP contribution in [0.2, 0.25) is 0 Å². The quantitative estimate of drug-likeness (QED) is 0.579. The average molecular weight is 157 g/mol. The maximum absolute atomic E-state index is 5.50. The van der Waals surface area contributed by atoms with E-state index in [2.05, 4.69) is 20.1 Å². The van der Waals surface area contributed by atoms with Crippen molar-refractivity contribution >= 4 is 0 Å². The van der Waals surface area contributed by atoms with Crippen molar-refractivity contribution < 1.29 is 0 Å². The summed E-state index contributed by atoms with van der Waals surface area (Å²) in [5, 5.41) is 0. The van der Waals surface area contributed by atoms with E-state index in [0.717, 1.165) is 12.1 Å². The summed E-state index contributed by atoms with van der Waals surface area (Å²) in [5.41, 5.74) is 7.75. The lowest BCUT2D eigenvalue weighted by atomic mass is 10.2. The van der Waals surface area contributed by atoms with Crippen LogP contribution >= 0.6 is 0 Å². The van der Waals surface area contributed by atoms with E-state index in [1.165, 1.54) is 5.57 Å². The molecule has 0 saturated carbocycles. The fourth-order valence-electron chi connectivity index (χ4n) is 0.354. The Bertz CT molecular complexity index is 89.0. The highest BCUT2D eigenvalue weighted by Crippen LogP contribution is 1.97. The van der Waals surface area contributed by atoms with Crippen LogP contribution in [0.15, 0.2) is 24.4 Å². The highest BCUT2D eigenvalue weighted by atomic mass is 14.6. The molecule has 2 N–H and O–H groups in total. The average Bonchev–Trinajstić information content (AvgIpc) is 2.10. The molecule has 0 aliphatic heterocycles. The third-order valence-electron chi connectivity index (χ3n) is 1.02. The van der Waals surface area contributed by atoms with Crippen molar-refractivity contribution in [3.63, 3.8) is 0 Å². The Labute approximate surface area is 72.0 Å². The van der Waals surface area contributed by atoms with Gasteiger partial charge in [-0.1, -0.05) is 26.3 Å². The van der Waals surface area contributed by atoms with Gasteiger partial charge in [0, 0.05) is 5.70 Å². The first-order valence-electron chi connectivity index (χ1n) is 4.10. The molecule has 0 heterocycles. The Balaban J connectivity index is -0.000000138. The van der Waals surface area contributed by atoms with Crippen molar-refractivity contribution in [3.8, 4) is 0 Å². The van der Waals surface area contributed by atoms with Crippen molar-refractivity contribution in [1.82, 2.24) is 0 Å². The number of nitrogens with two attached hydrogens (primary N) is 1. The molecule has 0 rings (SSSR count). The van der Waals surface area contributed by atoms with E-state index in [1.54, 1.807) is 0 Å². The second kappa shape index (κ2) is 16.1. The highest BCUT2D eigenvalue weighted by Gasteiger charge is 1.83. The smallest absolute Gasteiger partial charge is 0.00639 e. The number of allylic oxidation sites excluding steroid dienone is 2. The number of rotatable bonds is 1. The molecule has 0 fully saturated rings. The normalized spacial score (nSPS) is 6.27. The monoisotopic (exact) mass is 157 g/mol. The van der Waals surface area contributed by atoms with E-state index in [-0.39, 0.29) is 0 Å². The largest absolute Gasteiger partial charge is 0.402 e. The van der Waals surface area contributed by atoms with E-state index >= 15 is 0 Å². The van der Waals surface area contributed by atoms with Crippen molar-refractivity contribution in [2.24, 2.45) is 5.73 Å². The summed E-state index contributed by atoms with van der Waals surface area (Å²) in [7, 11) is 0. The molecular formula is C10H23N. The molecule has 0 aliphatic carbocycles. The molecule has 68 valence electrons. The standard InChI is InChI=1S/C6H13N.C2H6.C2H4/c1-4-6(7)5(2)3;2*1-2/h4,7H2,1-3H3;1-2H3;1-2H2. The fourth-order valence-corrected chi connectivity index (χ4v) is 0.354. The predicted octanol–water partition coefficient (Wildman–Crippen LogP) is 3.48. The van der Waals surface area contributed by atoms with Gasteiger partial charge >= 0.3 is 0 Å². The fraction of sp³-hybridized carbons (Fsp3) is 0.600. The Morgan fingerprint density at radius 1 is 1.18 bits per heavy atom. The summed E-state index contributed by atoms with van der Waals surface area (Å²) in [6, 6.07) is 0. The molecule has 0 aromatic carbocycles. The number of hydrogen-bond donors (Lipinski definition) is 1. The van der Waals surface area contributed by atoms with Crippen LogP contribution in [-0.2, 0) is 0 Å². The SMILES string of the molecule is C=C.CC.CCC(N)=C(C)C. The molecule has 0 radical (unpaired) electrons. The second-order valence-electron chi connectivity index (χ2n) is 1.88. The maximum Gasteiger partial charge on any atom is 0.00639 e. The van der Waals surface area contributed by atoms with Gasteiger partial charge in [-0.25, -0.2) is 0 Å². The van der Waals surface area contributed by atoms with Gasteiger partial charge in [-0.3, -0.25) is 0 Å². The molecule has 0 aromatic heterocycles. The van der Waals surface area contributed by atoms with Crippen LogP contribution in [0.25, 0.3) is 0 Å². The molecular weight excluding hydrogens is 134 g/mol. The van der Waals surface area contributed by atoms with E-state index in [9.17, 15) is 0 Å². The zero-order valence-electron chi connectivity index (χ0n) is 8.70. The van der Waals surface area contributed by atoms with Gasteiger partial charge in [0.25, 0.3) is 0 Å². The molecule has 0 unspecified atom stereocenters. The van der Waals surface area contributed by atoms with Gasteiger partial charge in [0.05, 0.1) is 0 Å². The first-order valence-corrected chi connectivity index (χ1v) is 4.10. The van der Waals surface area contributed by atoms with Gasteiger partial charge in [0.2, 0.25) is 0 Å². The summed E-state index contributed by atoms with van der Waals surface area (Å²) < 4.78 is 0. The molecule has 0 aromatic rings. The van der Waals surface area contributed by atoms with Crippen LogP contribution in [0, 0.1) is 0 Å². The minimum atomic E-state index is 0.975. The summed E-state index contributed by atoms with van der Waals surface area (Å²) in [6.45, 7) is 16.1.